The van der Waals surface area contributed by atoms with E-state index in [1.54, 1.807) is 12.3 Å². The zero-order chi connectivity index (χ0) is 14.0. The molecular weight excluding hydrogens is 255 g/mol. The van der Waals surface area contributed by atoms with Crippen LogP contribution in [0.1, 0.15) is 16.1 Å². The van der Waals surface area contributed by atoms with Gasteiger partial charge in [0.2, 0.25) is 5.82 Å². The lowest BCUT2D eigenvalue weighted by Gasteiger charge is -2.06. The van der Waals surface area contributed by atoms with Crippen molar-refractivity contribution in [2.45, 2.75) is 6.54 Å². The highest BCUT2D eigenvalue weighted by Crippen LogP contribution is 2.19. The van der Waals surface area contributed by atoms with E-state index in [1.165, 1.54) is 16.7 Å². The van der Waals surface area contributed by atoms with E-state index in [4.69, 9.17) is 5.11 Å². The van der Waals surface area contributed by atoms with Crippen molar-refractivity contribution in [1.29, 1.82) is 0 Å². The Balaban J connectivity index is 2.29. The summed E-state index contributed by atoms with van der Waals surface area (Å²) in [6.07, 6.45) is 1.54. The van der Waals surface area contributed by atoms with Crippen molar-refractivity contribution < 1.29 is 19.2 Å². The number of aromatic carboxylic acids is 1. The molecule has 6 nitrogen and oxygen atoms in total. The van der Waals surface area contributed by atoms with Crippen LogP contribution in [0.3, 0.4) is 0 Å². The Bertz CT molecular complexity index is 651. The highest BCUT2D eigenvalue weighted by Gasteiger charge is 2.15. The van der Waals surface area contributed by atoms with Crippen LogP contribution in [-0.4, -0.2) is 20.6 Å². The Kier molecular flexibility index (Phi) is 3.28. The van der Waals surface area contributed by atoms with Gasteiger partial charge in [-0.15, -0.1) is 0 Å². The fourth-order valence-electron chi connectivity index (χ4n) is 1.74. The third-order valence-corrected chi connectivity index (χ3v) is 2.61. The number of aromatic nitrogens is 1. The molecule has 2 rings (SSSR count). The fourth-order valence-corrected chi connectivity index (χ4v) is 1.74. The molecule has 1 aromatic heterocycles. The second kappa shape index (κ2) is 4.89. The molecule has 1 heterocycles. The van der Waals surface area contributed by atoms with Gasteiger partial charge in [0.1, 0.15) is 5.69 Å². The van der Waals surface area contributed by atoms with E-state index < -0.39 is 22.4 Å². The summed E-state index contributed by atoms with van der Waals surface area (Å²) in [5, 5.41) is 19.4. The smallest absolute Gasteiger partial charge is 0.352 e. The van der Waals surface area contributed by atoms with Gasteiger partial charge in [0.15, 0.2) is 0 Å². The van der Waals surface area contributed by atoms with Gasteiger partial charge in [-0.3, -0.25) is 10.1 Å². The number of carboxylic acid groups (broad SMARTS) is 1. The van der Waals surface area contributed by atoms with Crippen LogP contribution in [0.15, 0.2) is 36.5 Å². The molecule has 0 fully saturated rings. The lowest BCUT2D eigenvalue weighted by molar-refractivity contribution is -0.387. The molecule has 0 saturated heterocycles. The normalized spacial score (nSPS) is 10.4. The molecule has 0 unspecified atom stereocenters. The van der Waals surface area contributed by atoms with E-state index in [0.717, 1.165) is 12.1 Å². The number of hydrogen-bond acceptors (Lipinski definition) is 3. The Morgan fingerprint density at radius 2 is 2.16 bits per heavy atom. The average Bonchev–Trinajstić information content (AvgIpc) is 2.76. The van der Waals surface area contributed by atoms with Crippen LogP contribution in [0.25, 0.3) is 0 Å². The second-order valence-corrected chi connectivity index (χ2v) is 3.87. The van der Waals surface area contributed by atoms with Gasteiger partial charge >= 0.3 is 11.7 Å². The predicted molar refractivity (Wildman–Crippen MR) is 63.5 cm³/mol. The maximum atomic E-state index is 13.4. The monoisotopic (exact) mass is 264 g/mol. The van der Waals surface area contributed by atoms with Crippen LogP contribution in [0.4, 0.5) is 10.1 Å². The lowest BCUT2D eigenvalue weighted by Crippen LogP contribution is -2.08. The number of rotatable bonds is 4. The van der Waals surface area contributed by atoms with E-state index in [1.807, 2.05) is 0 Å². The molecule has 0 aliphatic heterocycles. The molecular formula is C12H9FN2O4. The minimum atomic E-state index is -1.09. The molecule has 7 heteroatoms. The van der Waals surface area contributed by atoms with E-state index in [2.05, 4.69) is 0 Å². The summed E-state index contributed by atoms with van der Waals surface area (Å²) in [5.41, 5.74) is -0.0877. The number of carbonyl (C=O) groups is 1. The number of halogens is 1. The van der Waals surface area contributed by atoms with Gasteiger partial charge in [-0.25, -0.2) is 4.79 Å². The molecule has 0 amide bonds. The van der Waals surface area contributed by atoms with Crippen LogP contribution < -0.4 is 0 Å². The first-order chi connectivity index (χ1) is 8.99. The molecule has 1 N–H and O–H groups in total. The van der Waals surface area contributed by atoms with Crippen molar-refractivity contribution in [2.24, 2.45) is 0 Å². The number of benzene rings is 1. The Morgan fingerprint density at radius 3 is 2.74 bits per heavy atom. The maximum absolute atomic E-state index is 13.4. The third-order valence-electron chi connectivity index (χ3n) is 2.61. The summed E-state index contributed by atoms with van der Waals surface area (Å²) in [6.45, 7) is 0.129. The number of hydrogen-bond donors (Lipinski definition) is 1. The standard InChI is InChI=1S/C12H9FN2O4/c13-9-6-8(3-4-10(9)15(18)19)7-14-5-1-2-11(14)12(16)17/h1-6H,7H2,(H,16,17). The van der Waals surface area contributed by atoms with Crippen molar-refractivity contribution in [1.82, 2.24) is 4.57 Å². The molecule has 0 saturated carbocycles. The summed E-state index contributed by atoms with van der Waals surface area (Å²) in [5.74, 6) is -2.03. The number of nitro groups is 1. The van der Waals surface area contributed by atoms with Gasteiger partial charge in [-0.05, 0) is 23.8 Å². The van der Waals surface area contributed by atoms with Gasteiger partial charge in [0.25, 0.3) is 0 Å². The molecule has 19 heavy (non-hydrogen) atoms. The third kappa shape index (κ3) is 2.59. The van der Waals surface area contributed by atoms with Gasteiger partial charge in [-0.1, -0.05) is 6.07 Å². The minimum Gasteiger partial charge on any atom is -0.477 e. The zero-order valence-electron chi connectivity index (χ0n) is 9.62. The lowest BCUT2D eigenvalue weighted by atomic mass is 10.2. The molecule has 0 atom stereocenters. The Morgan fingerprint density at radius 1 is 1.42 bits per heavy atom. The van der Waals surface area contributed by atoms with Crippen LogP contribution in [0.2, 0.25) is 0 Å². The SMILES string of the molecule is O=C(O)c1cccn1Cc1ccc([N+](=O)[O-])c(F)c1. The first-order valence-corrected chi connectivity index (χ1v) is 5.30. The molecule has 0 spiro atoms. The quantitative estimate of drug-likeness (QED) is 0.678. The van der Waals surface area contributed by atoms with Crippen molar-refractivity contribution >= 4 is 11.7 Å². The Labute approximate surface area is 106 Å². The second-order valence-electron chi connectivity index (χ2n) is 3.87. The summed E-state index contributed by atoms with van der Waals surface area (Å²) in [6, 6.07) is 6.47. The summed E-state index contributed by atoms with van der Waals surface area (Å²) in [4.78, 5) is 20.6. The van der Waals surface area contributed by atoms with Gasteiger partial charge in [0.05, 0.1) is 4.92 Å². The first-order valence-electron chi connectivity index (χ1n) is 5.30. The average molecular weight is 264 g/mol. The predicted octanol–water partition coefficient (Wildman–Crippen LogP) is 2.28. The molecule has 0 aliphatic carbocycles. The van der Waals surface area contributed by atoms with Crippen molar-refractivity contribution in [2.75, 3.05) is 0 Å². The molecule has 0 bridgehead atoms. The van der Waals surface area contributed by atoms with Crippen molar-refractivity contribution in [3.05, 3.63) is 63.7 Å². The van der Waals surface area contributed by atoms with E-state index in [-0.39, 0.29) is 12.2 Å². The molecule has 0 radical (unpaired) electrons. The van der Waals surface area contributed by atoms with Crippen LogP contribution >= 0.6 is 0 Å². The first kappa shape index (κ1) is 12.7. The minimum absolute atomic E-state index is 0.0683. The van der Waals surface area contributed by atoms with Gasteiger partial charge in [-0.2, -0.15) is 4.39 Å². The van der Waals surface area contributed by atoms with E-state index in [9.17, 15) is 19.3 Å². The van der Waals surface area contributed by atoms with E-state index in [0.29, 0.717) is 5.56 Å². The Hall–Kier alpha value is -2.70. The number of nitrogens with zero attached hydrogens (tertiary/aromatic N) is 2. The fraction of sp³-hybridized carbons (Fsp3) is 0.0833. The zero-order valence-corrected chi connectivity index (χ0v) is 9.62. The van der Waals surface area contributed by atoms with Gasteiger partial charge in [0, 0.05) is 18.8 Å². The van der Waals surface area contributed by atoms with Crippen LogP contribution in [0, 0.1) is 15.9 Å². The highest BCUT2D eigenvalue weighted by molar-refractivity contribution is 5.85. The van der Waals surface area contributed by atoms with E-state index >= 15 is 0 Å². The largest absolute Gasteiger partial charge is 0.477 e. The topological polar surface area (TPSA) is 85.4 Å². The maximum Gasteiger partial charge on any atom is 0.352 e. The number of nitro benzene ring substituents is 1. The molecule has 0 aliphatic rings. The summed E-state index contributed by atoms with van der Waals surface area (Å²) in [7, 11) is 0. The van der Waals surface area contributed by atoms with Crippen molar-refractivity contribution in [3.8, 4) is 0 Å². The van der Waals surface area contributed by atoms with Crippen LogP contribution in [0.5, 0.6) is 0 Å². The van der Waals surface area contributed by atoms with Gasteiger partial charge < -0.3 is 9.67 Å². The summed E-state index contributed by atoms with van der Waals surface area (Å²) >= 11 is 0. The number of carboxylic acids is 1. The molecule has 98 valence electrons. The summed E-state index contributed by atoms with van der Waals surface area (Å²) < 4.78 is 14.8. The van der Waals surface area contributed by atoms with Crippen LogP contribution in [-0.2, 0) is 6.54 Å². The highest BCUT2D eigenvalue weighted by atomic mass is 19.1. The van der Waals surface area contributed by atoms with Crippen molar-refractivity contribution in [3.63, 3.8) is 0 Å². The molecule has 1 aromatic carbocycles. The molecule has 2 aromatic rings.